The van der Waals surface area contributed by atoms with E-state index in [0.29, 0.717) is 19.3 Å². The monoisotopic (exact) mass is 697 g/mol. The van der Waals surface area contributed by atoms with Crippen LogP contribution in [-0.4, -0.2) is 86.7 Å². The maximum atomic E-state index is 16.3. The fourth-order valence-electron chi connectivity index (χ4n) is 7.92. The molecule has 4 aliphatic rings. The lowest BCUT2D eigenvalue weighted by atomic mass is 9.82. The minimum atomic E-state index is -2.93. The largest absolute Gasteiger partial charge is 0.347 e. The highest BCUT2D eigenvalue weighted by molar-refractivity contribution is 6.39. The van der Waals surface area contributed by atoms with Crippen molar-refractivity contribution in [3.05, 3.63) is 24.3 Å². The van der Waals surface area contributed by atoms with E-state index in [4.69, 9.17) is 0 Å². The van der Waals surface area contributed by atoms with Gasteiger partial charge >= 0.3 is 0 Å². The Bertz CT molecular complexity index is 1440. The summed E-state index contributed by atoms with van der Waals surface area (Å²) in [7, 11) is 0. The van der Waals surface area contributed by atoms with Gasteiger partial charge in [-0.05, 0) is 61.7 Å². The van der Waals surface area contributed by atoms with Gasteiger partial charge in [-0.1, -0.05) is 59.8 Å². The van der Waals surface area contributed by atoms with E-state index in [1.807, 2.05) is 0 Å². The second-order valence-electron chi connectivity index (χ2n) is 15.7. The van der Waals surface area contributed by atoms with E-state index >= 15 is 4.39 Å². The summed E-state index contributed by atoms with van der Waals surface area (Å²) < 4.78 is 16.3. The van der Waals surface area contributed by atoms with E-state index in [9.17, 15) is 28.8 Å². The molecule has 274 valence electrons. The number of rotatable bonds is 13. The molecule has 4 fully saturated rings. The number of nitrogens with one attached hydrogen (secondary N) is 4. The maximum absolute atomic E-state index is 16.3. The van der Waals surface area contributed by atoms with Gasteiger partial charge in [0.2, 0.25) is 17.7 Å². The van der Waals surface area contributed by atoms with Crippen molar-refractivity contribution in [2.24, 2.45) is 23.2 Å². The first-order valence-electron chi connectivity index (χ1n) is 18.3. The lowest BCUT2D eigenvalue weighted by Gasteiger charge is -2.38. The average molecular weight is 698 g/mol. The SMILES string of the molecule is CCC[C@](F)(NC(=O)[C@@H]1[C@H]2CCC[C@H]2CN1C(=O)[C@@H](NC(=O)[C@@H](NC(=O)c1cnccn1)C1CCCCC1)C(C)(C)C)C(=O)C(=O)NC1CC1. The highest BCUT2D eigenvalue weighted by Crippen LogP contribution is 2.43. The molecule has 3 saturated carbocycles. The molecule has 5 amide bonds. The normalized spacial score (nSPS) is 24.7. The summed E-state index contributed by atoms with van der Waals surface area (Å²) in [6, 6.07) is -3.29. The molecule has 4 N–H and O–H groups in total. The van der Waals surface area contributed by atoms with Crippen LogP contribution < -0.4 is 21.3 Å². The van der Waals surface area contributed by atoms with Crippen molar-refractivity contribution in [1.82, 2.24) is 36.1 Å². The number of ketones is 1. The smallest absolute Gasteiger partial charge is 0.293 e. The quantitative estimate of drug-likeness (QED) is 0.180. The van der Waals surface area contributed by atoms with Crippen molar-refractivity contribution in [3.8, 4) is 0 Å². The Morgan fingerprint density at radius 3 is 2.28 bits per heavy atom. The van der Waals surface area contributed by atoms with Crippen LogP contribution in [0.25, 0.3) is 0 Å². The van der Waals surface area contributed by atoms with E-state index in [1.54, 1.807) is 27.7 Å². The van der Waals surface area contributed by atoms with Gasteiger partial charge in [0.25, 0.3) is 23.4 Å². The van der Waals surface area contributed by atoms with Gasteiger partial charge in [0.1, 0.15) is 23.8 Å². The molecule has 13 nitrogen and oxygen atoms in total. The topological polar surface area (TPSA) is 180 Å². The second kappa shape index (κ2) is 15.5. The van der Waals surface area contributed by atoms with Crippen LogP contribution in [0.15, 0.2) is 18.6 Å². The molecule has 0 aromatic carbocycles. The number of fused-ring (bicyclic) bond motifs is 1. The lowest BCUT2D eigenvalue weighted by Crippen LogP contribution is -2.63. The standard InChI is InChI=1S/C36H52FN7O6/c1-5-16-36(37,29(45)33(49)40-23-14-15-23)43-32(48)27-24-13-9-12-22(24)20-44(27)34(50)28(35(2,3)4)42-31(47)26(21-10-7-6-8-11-21)41-30(46)25-19-38-17-18-39-25/h17-19,21-24,26-28H,5-16,20H2,1-4H3,(H,40,49)(H,41,46)(H,42,47)(H,43,48)/t22-,24-,26-,27-,28+,36-/m0/s1. The van der Waals surface area contributed by atoms with Crippen LogP contribution in [0, 0.1) is 23.2 Å². The Hall–Kier alpha value is -3.97. The molecule has 0 spiro atoms. The van der Waals surface area contributed by atoms with E-state index in [2.05, 4.69) is 31.2 Å². The molecule has 14 heteroatoms. The molecule has 2 heterocycles. The predicted octanol–water partition coefficient (Wildman–Crippen LogP) is 2.74. The number of hydrogen-bond acceptors (Lipinski definition) is 8. The summed E-state index contributed by atoms with van der Waals surface area (Å²) in [5, 5.41) is 10.6. The number of nitrogens with zero attached hydrogens (tertiary/aromatic N) is 3. The second-order valence-corrected chi connectivity index (χ2v) is 15.7. The highest BCUT2D eigenvalue weighted by Gasteiger charge is 2.54. The van der Waals surface area contributed by atoms with Crippen molar-refractivity contribution in [3.63, 3.8) is 0 Å². The van der Waals surface area contributed by atoms with Crippen LogP contribution in [0.3, 0.4) is 0 Å². The summed E-state index contributed by atoms with van der Waals surface area (Å²) >= 11 is 0. The van der Waals surface area contributed by atoms with Crippen LogP contribution in [0.1, 0.15) is 115 Å². The van der Waals surface area contributed by atoms with Crippen molar-refractivity contribution in [2.45, 2.75) is 135 Å². The molecule has 0 unspecified atom stereocenters. The number of likely N-dealkylation sites (tertiary alicyclic amines) is 1. The van der Waals surface area contributed by atoms with E-state index in [0.717, 1.165) is 44.9 Å². The van der Waals surface area contributed by atoms with Gasteiger partial charge in [0.15, 0.2) is 0 Å². The van der Waals surface area contributed by atoms with Gasteiger partial charge in [-0.2, -0.15) is 0 Å². The predicted molar refractivity (Wildman–Crippen MR) is 181 cm³/mol. The van der Waals surface area contributed by atoms with Gasteiger partial charge in [-0.3, -0.25) is 33.8 Å². The minimum absolute atomic E-state index is 0.0127. The van der Waals surface area contributed by atoms with Gasteiger partial charge in [-0.15, -0.1) is 0 Å². The number of halogens is 1. The molecule has 1 aromatic rings. The third-order valence-electron chi connectivity index (χ3n) is 10.7. The van der Waals surface area contributed by atoms with E-state index in [1.165, 1.54) is 23.5 Å². The molecule has 1 aliphatic heterocycles. The van der Waals surface area contributed by atoms with Crippen LogP contribution in [0.5, 0.6) is 0 Å². The zero-order valence-electron chi connectivity index (χ0n) is 29.6. The third-order valence-corrected chi connectivity index (χ3v) is 10.7. The van der Waals surface area contributed by atoms with Gasteiger partial charge in [-0.25, -0.2) is 9.37 Å². The average Bonchev–Trinajstić information content (AvgIpc) is 3.65. The molecule has 6 atom stereocenters. The van der Waals surface area contributed by atoms with Crippen molar-refractivity contribution in [2.75, 3.05) is 6.54 Å². The first kappa shape index (κ1) is 37.3. The molecular weight excluding hydrogens is 645 g/mol. The van der Waals surface area contributed by atoms with Crippen molar-refractivity contribution in [1.29, 1.82) is 0 Å². The number of aromatic nitrogens is 2. The molecule has 5 rings (SSSR count). The van der Waals surface area contributed by atoms with Crippen LogP contribution >= 0.6 is 0 Å². The maximum Gasteiger partial charge on any atom is 0.293 e. The van der Waals surface area contributed by atoms with Gasteiger partial charge in [0.05, 0.1) is 6.20 Å². The molecular formula is C36H52FN7O6. The minimum Gasteiger partial charge on any atom is -0.347 e. The number of Topliss-reactive ketones (excluding diaryl/α,β-unsaturated/α-hetero) is 1. The first-order valence-corrected chi connectivity index (χ1v) is 18.3. The number of carbonyl (C=O) groups is 6. The Kier molecular flexibility index (Phi) is 11.6. The number of carbonyl (C=O) groups excluding carboxylic acids is 6. The molecule has 3 aliphatic carbocycles. The van der Waals surface area contributed by atoms with Crippen LogP contribution in [-0.2, 0) is 24.0 Å². The summed E-state index contributed by atoms with van der Waals surface area (Å²) in [6.45, 7) is 7.31. The molecule has 50 heavy (non-hydrogen) atoms. The Balaban J connectivity index is 1.38. The van der Waals surface area contributed by atoms with E-state index in [-0.39, 0.29) is 42.5 Å². The summed E-state index contributed by atoms with van der Waals surface area (Å²) in [4.78, 5) is 91.1. The fraction of sp³-hybridized carbons (Fsp3) is 0.722. The first-order chi connectivity index (χ1) is 23.7. The zero-order valence-corrected chi connectivity index (χ0v) is 29.6. The lowest BCUT2D eigenvalue weighted by molar-refractivity contribution is -0.152. The van der Waals surface area contributed by atoms with Gasteiger partial charge < -0.3 is 26.2 Å². The summed E-state index contributed by atoms with van der Waals surface area (Å²) in [5.41, 5.74) is -0.752. The summed E-state index contributed by atoms with van der Waals surface area (Å²) in [6.07, 6.45) is 11.9. The number of hydrogen-bond donors (Lipinski definition) is 4. The highest BCUT2D eigenvalue weighted by atomic mass is 19.1. The van der Waals surface area contributed by atoms with Crippen molar-refractivity contribution < 1.29 is 33.2 Å². The molecule has 1 aromatic heterocycles. The Labute approximate surface area is 293 Å². The molecule has 0 bridgehead atoms. The van der Waals surface area contributed by atoms with Crippen LogP contribution in [0.4, 0.5) is 4.39 Å². The number of amides is 5. The Morgan fingerprint density at radius 2 is 1.66 bits per heavy atom. The third kappa shape index (κ3) is 8.48. The van der Waals surface area contributed by atoms with E-state index < -0.39 is 71.1 Å². The molecule has 1 saturated heterocycles. The zero-order chi connectivity index (χ0) is 36.2. The van der Waals surface area contributed by atoms with Gasteiger partial charge in [0, 0.05) is 31.4 Å². The fourth-order valence-corrected chi connectivity index (χ4v) is 7.92. The number of alkyl halides is 1. The van der Waals surface area contributed by atoms with Crippen molar-refractivity contribution >= 4 is 35.3 Å². The van der Waals surface area contributed by atoms with Crippen LogP contribution in [0.2, 0.25) is 0 Å². The Morgan fingerprint density at radius 1 is 0.940 bits per heavy atom. The molecule has 0 radical (unpaired) electrons. The summed E-state index contributed by atoms with van der Waals surface area (Å²) in [5.74, 6) is -8.17.